The van der Waals surface area contributed by atoms with Crippen LogP contribution < -0.4 is 5.32 Å². The zero-order valence-corrected chi connectivity index (χ0v) is 5.09. The predicted molar refractivity (Wildman–Crippen MR) is 38.3 cm³/mol. The van der Waals surface area contributed by atoms with E-state index in [4.69, 9.17) is 0 Å². The van der Waals surface area contributed by atoms with E-state index < -0.39 is 0 Å². The monoisotopic (exact) mass is 118 g/mol. The first-order valence-electron chi connectivity index (χ1n) is 3.13. The van der Waals surface area contributed by atoms with E-state index in [1.54, 1.807) is 0 Å². The van der Waals surface area contributed by atoms with E-state index in [1.807, 2.05) is 6.07 Å². The number of benzene rings is 1. The second-order valence-electron chi connectivity index (χ2n) is 2.17. The molecule has 1 radical (unpaired) electrons. The first-order valence-corrected chi connectivity index (χ1v) is 3.13. The summed E-state index contributed by atoms with van der Waals surface area (Å²) in [6, 6.07) is 8.32. The van der Waals surface area contributed by atoms with Crippen molar-refractivity contribution in [3.05, 3.63) is 36.2 Å². The quantitative estimate of drug-likeness (QED) is 0.546. The van der Waals surface area contributed by atoms with Gasteiger partial charge in [0.05, 0.1) is 0 Å². The van der Waals surface area contributed by atoms with Crippen LogP contribution in [0.3, 0.4) is 0 Å². The molecule has 1 nitrogen and oxygen atoms in total. The normalized spacial score (nSPS) is 14.7. The molecular weight excluding hydrogens is 110 g/mol. The second kappa shape index (κ2) is 1.76. The minimum Gasteiger partial charge on any atom is -0.384 e. The Labute approximate surface area is 54.7 Å². The number of anilines is 1. The van der Waals surface area contributed by atoms with Gasteiger partial charge >= 0.3 is 0 Å². The van der Waals surface area contributed by atoms with Crippen LogP contribution in [-0.2, 0) is 0 Å². The van der Waals surface area contributed by atoms with Gasteiger partial charge in [-0.25, -0.2) is 0 Å². The molecule has 0 spiro atoms. The number of rotatable bonds is 0. The Kier molecular flexibility index (Phi) is 0.950. The smallest absolute Gasteiger partial charge is 0.0376 e. The van der Waals surface area contributed by atoms with Crippen LogP contribution in [0, 0.1) is 6.42 Å². The maximum atomic E-state index is 3.24. The Balaban J connectivity index is 2.54. The molecule has 0 amide bonds. The Bertz CT molecular complexity index is 195. The van der Waals surface area contributed by atoms with Crippen molar-refractivity contribution in [1.29, 1.82) is 0 Å². The highest BCUT2D eigenvalue weighted by Crippen LogP contribution is 2.21. The molecule has 45 valence electrons. The van der Waals surface area contributed by atoms with Gasteiger partial charge in [0.25, 0.3) is 0 Å². The first-order chi connectivity index (χ1) is 4.47. The van der Waals surface area contributed by atoms with E-state index >= 15 is 0 Å². The number of para-hydroxylation sites is 1. The van der Waals surface area contributed by atoms with Crippen LogP contribution >= 0.6 is 0 Å². The van der Waals surface area contributed by atoms with Gasteiger partial charge in [0.15, 0.2) is 0 Å². The average Bonchev–Trinajstić information content (AvgIpc) is 2.33. The molecule has 1 heterocycles. The van der Waals surface area contributed by atoms with Gasteiger partial charge in [-0.15, -0.1) is 0 Å². The molecule has 0 saturated heterocycles. The van der Waals surface area contributed by atoms with Crippen molar-refractivity contribution in [2.24, 2.45) is 0 Å². The lowest BCUT2D eigenvalue weighted by molar-refractivity contribution is 1.35. The number of hydrogen-bond acceptors (Lipinski definition) is 1. The second-order valence-corrected chi connectivity index (χ2v) is 2.17. The van der Waals surface area contributed by atoms with Gasteiger partial charge in [-0.2, -0.15) is 0 Å². The van der Waals surface area contributed by atoms with Gasteiger partial charge < -0.3 is 5.32 Å². The lowest BCUT2D eigenvalue weighted by Gasteiger charge is -1.94. The van der Waals surface area contributed by atoms with Gasteiger partial charge in [-0.05, 0) is 11.6 Å². The maximum Gasteiger partial charge on any atom is 0.0376 e. The first kappa shape index (κ1) is 4.86. The van der Waals surface area contributed by atoms with E-state index in [-0.39, 0.29) is 0 Å². The zero-order chi connectivity index (χ0) is 6.10. The lowest BCUT2D eigenvalue weighted by atomic mass is 10.2. The summed E-state index contributed by atoms with van der Waals surface area (Å²) in [5, 5.41) is 3.24. The molecule has 0 saturated carbocycles. The molecule has 0 fully saturated rings. The van der Waals surface area contributed by atoms with Crippen LogP contribution in [0.25, 0.3) is 0 Å². The molecule has 0 unspecified atom stereocenters. The van der Waals surface area contributed by atoms with Crippen molar-refractivity contribution in [2.75, 3.05) is 11.9 Å². The molecular formula is C8H8N. The summed E-state index contributed by atoms with van der Waals surface area (Å²) in [5.74, 6) is 0. The summed E-state index contributed by atoms with van der Waals surface area (Å²) in [6.45, 7) is 0.985. The van der Waals surface area contributed by atoms with Crippen molar-refractivity contribution in [3.63, 3.8) is 0 Å². The van der Waals surface area contributed by atoms with Crippen LogP contribution in [-0.4, -0.2) is 6.54 Å². The van der Waals surface area contributed by atoms with Crippen LogP contribution in [0.1, 0.15) is 5.56 Å². The molecule has 1 aliphatic rings. The van der Waals surface area contributed by atoms with Crippen molar-refractivity contribution >= 4 is 5.69 Å². The SMILES string of the molecule is [CH]1CNc2ccccc21. The maximum absolute atomic E-state index is 3.24. The third-order valence-corrected chi connectivity index (χ3v) is 1.58. The van der Waals surface area contributed by atoms with E-state index in [0.717, 1.165) is 6.54 Å². The summed E-state index contributed by atoms with van der Waals surface area (Å²) in [7, 11) is 0. The highest BCUT2D eigenvalue weighted by atomic mass is 14.9. The summed E-state index contributed by atoms with van der Waals surface area (Å²) in [5.41, 5.74) is 2.59. The third-order valence-electron chi connectivity index (χ3n) is 1.58. The van der Waals surface area contributed by atoms with Gasteiger partial charge in [0.2, 0.25) is 0 Å². The van der Waals surface area contributed by atoms with Gasteiger partial charge in [-0.1, -0.05) is 18.2 Å². The summed E-state index contributed by atoms with van der Waals surface area (Å²) < 4.78 is 0. The Morgan fingerprint density at radius 3 is 3.00 bits per heavy atom. The fourth-order valence-corrected chi connectivity index (χ4v) is 1.11. The molecule has 0 atom stereocenters. The summed E-state index contributed by atoms with van der Waals surface area (Å²) >= 11 is 0. The van der Waals surface area contributed by atoms with E-state index in [2.05, 4.69) is 29.9 Å². The molecule has 2 rings (SSSR count). The number of fused-ring (bicyclic) bond motifs is 1. The molecule has 0 bridgehead atoms. The van der Waals surface area contributed by atoms with E-state index in [9.17, 15) is 0 Å². The minimum atomic E-state index is 0.985. The molecule has 1 aromatic rings. The van der Waals surface area contributed by atoms with E-state index in [0.29, 0.717) is 0 Å². The van der Waals surface area contributed by atoms with Crippen LogP contribution in [0.4, 0.5) is 5.69 Å². The van der Waals surface area contributed by atoms with Crippen molar-refractivity contribution in [3.8, 4) is 0 Å². The largest absolute Gasteiger partial charge is 0.384 e. The number of hydrogen-bond donors (Lipinski definition) is 1. The standard InChI is InChI=1S/C8H8N/c1-2-4-8-7(3-1)5-6-9-8/h1-5,9H,6H2. The Morgan fingerprint density at radius 1 is 1.22 bits per heavy atom. The molecule has 1 N–H and O–H groups in total. The minimum absolute atomic E-state index is 0.985. The molecule has 0 aromatic heterocycles. The number of nitrogens with one attached hydrogen (secondary N) is 1. The van der Waals surface area contributed by atoms with Gasteiger partial charge in [0.1, 0.15) is 0 Å². The molecule has 1 heteroatoms. The molecule has 1 aliphatic heterocycles. The van der Waals surface area contributed by atoms with Crippen molar-refractivity contribution in [1.82, 2.24) is 0 Å². The molecule has 0 aliphatic carbocycles. The van der Waals surface area contributed by atoms with Gasteiger partial charge in [0, 0.05) is 18.7 Å². The highest BCUT2D eigenvalue weighted by Gasteiger charge is 2.06. The highest BCUT2D eigenvalue weighted by molar-refractivity contribution is 5.59. The lowest BCUT2D eigenvalue weighted by Crippen LogP contribution is -1.89. The Morgan fingerprint density at radius 2 is 2.11 bits per heavy atom. The van der Waals surface area contributed by atoms with Crippen LogP contribution in [0.2, 0.25) is 0 Å². The third kappa shape index (κ3) is 0.689. The zero-order valence-electron chi connectivity index (χ0n) is 5.09. The molecule has 9 heavy (non-hydrogen) atoms. The fraction of sp³-hybridized carbons (Fsp3) is 0.125. The van der Waals surface area contributed by atoms with Crippen molar-refractivity contribution in [2.45, 2.75) is 0 Å². The fourth-order valence-electron chi connectivity index (χ4n) is 1.11. The van der Waals surface area contributed by atoms with Crippen LogP contribution in [0.5, 0.6) is 0 Å². The van der Waals surface area contributed by atoms with Crippen molar-refractivity contribution < 1.29 is 0 Å². The van der Waals surface area contributed by atoms with E-state index in [1.165, 1.54) is 11.3 Å². The van der Waals surface area contributed by atoms with Crippen LogP contribution in [0.15, 0.2) is 24.3 Å². The Hall–Kier alpha value is -0.980. The summed E-state index contributed by atoms with van der Waals surface area (Å²) in [4.78, 5) is 0. The van der Waals surface area contributed by atoms with Gasteiger partial charge in [-0.3, -0.25) is 0 Å². The topological polar surface area (TPSA) is 12.0 Å². The molecule has 1 aromatic carbocycles. The summed E-state index contributed by atoms with van der Waals surface area (Å²) in [6.07, 6.45) is 2.19. The average molecular weight is 118 g/mol. The predicted octanol–water partition coefficient (Wildman–Crippen LogP) is 1.66.